The van der Waals surface area contributed by atoms with Crippen LogP contribution < -0.4 is 10.6 Å². The minimum absolute atomic E-state index is 0. The Hall–Kier alpha value is -0.0300. The van der Waals surface area contributed by atoms with E-state index in [-0.39, 0.29) is 30.7 Å². The highest BCUT2D eigenvalue weighted by molar-refractivity contribution is 5.85. The summed E-state index contributed by atoms with van der Waals surface area (Å²) in [4.78, 5) is 14.4. The molecule has 2 N–H and O–H groups in total. The number of carbonyl (C=O) groups is 1. The van der Waals surface area contributed by atoms with Gasteiger partial charge in [-0.25, -0.2) is 0 Å². The Morgan fingerprint density at radius 3 is 2.52 bits per heavy atom. The van der Waals surface area contributed by atoms with Gasteiger partial charge in [0.1, 0.15) is 0 Å². The maximum Gasteiger partial charge on any atom is 0.220 e. The van der Waals surface area contributed by atoms with Crippen LogP contribution in [0.5, 0.6) is 0 Å². The Kier molecular flexibility index (Phi) is 12.3. The van der Waals surface area contributed by atoms with Gasteiger partial charge < -0.3 is 15.5 Å². The second-order valence-corrected chi connectivity index (χ2v) is 7.31. The molecular weight excluding hydrogens is 333 g/mol. The summed E-state index contributed by atoms with van der Waals surface area (Å²) in [6, 6.07) is 0. The first kappa shape index (κ1) is 23.0. The molecule has 2 aliphatic rings. The molecule has 0 aliphatic carbocycles. The zero-order valence-corrected chi connectivity index (χ0v) is 16.3. The van der Waals surface area contributed by atoms with Crippen LogP contribution in [0.2, 0.25) is 0 Å². The number of hydrogen-bond donors (Lipinski definition) is 2. The molecule has 2 heterocycles. The molecule has 2 aliphatic heterocycles. The van der Waals surface area contributed by atoms with Crippen molar-refractivity contribution in [1.82, 2.24) is 15.5 Å². The highest BCUT2D eigenvalue weighted by Gasteiger charge is 2.21. The molecule has 6 heteroatoms. The average molecular weight is 368 g/mol. The van der Waals surface area contributed by atoms with Gasteiger partial charge >= 0.3 is 0 Å². The average Bonchev–Trinajstić information content (AvgIpc) is 2.93. The molecule has 1 amide bonds. The summed E-state index contributed by atoms with van der Waals surface area (Å²) in [6.45, 7) is 11.3. The monoisotopic (exact) mass is 367 g/mol. The predicted octanol–water partition coefficient (Wildman–Crippen LogP) is 2.70. The third-order valence-electron chi connectivity index (χ3n) is 4.86. The Morgan fingerprint density at radius 2 is 1.91 bits per heavy atom. The summed E-state index contributed by atoms with van der Waals surface area (Å²) in [5, 5.41) is 6.44. The fraction of sp³-hybridized carbons (Fsp3) is 0.941. The van der Waals surface area contributed by atoms with Crippen LogP contribution in [0.1, 0.15) is 46.0 Å². The molecule has 3 atom stereocenters. The third kappa shape index (κ3) is 9.13. The second-order valence-electron chi connectivity index (χ2n) is 7.31. The molecule has 3 unspecified atom stereocenters. The van der Waals surface area contributed by atoms with E-state index in [1.807, 2.05) is 0 Å². The Labute approximate surface area is 154 Å². The number of halogens is 2. The Bertz CT molecular complexity index is 315. The number of carbonyl (C=O) groups excluding carboxylic acids is 1. The lowest BCUT2D eigenvalue weighted by Crippen LogP contribution is -2.40. The van der Waals surface area contributed by atoms with Crippen LogP contribution in [0.3, 0.4) is 0 Å². The summed E-state index contributed by atoms with van der Waals surface area (Å²) < 4.78 is 0. The molecule has 0 saturated carbocycles. The molecule has 0 aromatic heterocycles. The number of nitrogens with zero attached hydrogens (tertiary/aromatic N) is 1. The maximum absolute atomic E-state index is 11.8. The molecule has 2 rings (SSSR count). The van der Waals surface area contributed by atoms with Gasteiger partial charge in [0.25, 0.3) is 0 Å². The van der Waals surface area contributed by atoms with Crippen LogP contribution in [0, 0.1) is 17.8 Å². The van der Waals surface area contributed by atoms with Crippen molar-refractivity contribution in [2.75, 3.05) is 39.3 Å². The van der Waals surface area contributed by atoms with Gasteiger partial charge in [0, 0.05) is 26.1 Å². The van der Waals surface area contributed by atoms with Gasteiger partial charge in [0.2, 0.25) is 5.91 Å². The van der Waals surface area contributed by atoms with Crippen LogP contribution >= 0.6 is 24.8 Å². The molecule has 0 aromatic rings. The first-order valence-electron chi connectivity index (χ1n) is 8.83. The lowest BCUT2D eigenvalue weighted by atomic mass is 9.92. The maximum atomic E-state index is 11.8. The highest BCUT2D eigenvalue weighted by atomic mass is 35.5. The van der Waals surface area contributed by atoms with Crippen molar-refractivity contribution in [2.45, 2.75) is 46.0 Å². The lowest BCUT2D eigenvalue weighted by molar-refractivity contribution is -0.121. The number of amides is 1. The van der Waals surface area contributed by atoms with Crippen LogP contribution in [0.4, 0.5) is 0 Å². The number of likely N-dealkylation sites (tertiary alicyclic amines) is 1. The number of rotatable bonds is 7. The fourth-order valence-electron chi connectivity index (χ4n) is 3.89. The SMILES string of the molecule is CC1CC(C)CN(CCCNC(=O)CCC2CCNC2)C1.Cl.Cl. The first-order chi connectivity index (χ1) is 10.1. The van der Waals surface area contributed by atoms with Crippen molar-refractivity contribution >= 4 is 30.7 Å². The molecular formula is C17H35Cl2N3O. The predicted molar refractivity (Wildman–Crippen MR) is 102 cm³/mol. The largest absolute Gasteiger partial charge is 0.356 e. The summed E-state index contributed by atoms with van der Waals surface area (Å²) in [5.41, 5.74) is 0. The Morgan fingerprint density at radius 1 is 1.22 bits per heavy atom. The van der Waals surface area contributed by atoms with E-state index < -0.39 is 0 Å². The van der Waals surface area contributed by atoms with Gasteiger partial charge in [0.05, 0.1) is 0 Å². The van der Waals surface area contributed by atoms with Gasteiger partial charge in [-0.2, -0.15) is 0 Å². The van der Waals surface area contributed by atoms with E-state index in [2.05, 4.69) is 29.4 Å². The fourth-order valence-corrected chi connectivity index (χ4v) is 3.89. The van der Waals surface area contributed by atoms with Crippen molar-refractivity contribution in [3.63, 3.8) is 0 Å². The van der Waals surface area contributed by atoms with E-state index >= 15 is 0 Å². The van der Waals surface area contributed by atoms with Gasteiger partial charge in [0.15, 0.2) is 0 Å². The van der Waals surface area contributed by atoms with Gasteiger partial charge in [-0.15, -0.1) is 24.8 Å². The van der Waals surface area contributed by atoms with Crippen LogP contribution in [-0.4, -0.2) is 50.1 Å². The third-order valence-corrected chi connectivity index (χ3v) is 4.86. The van der Waals surface area contributed by atoms with E-state index in [0.717, 1.165) is 50.9 Å². The molecule has 138 valence electrons. The standard InChI is InChI=1S/C17H33N3O.2ClH/c1-14-10-15(2)13-20(12-14)9-3-7-19-17(21)5-4-16-6-8-18-11-16;;/h14-16,18H,3-13H2,1-2H3,(H,19,21);2*1H. The van der Waals surface area contributed by atoms with E-state index in [4.69, 9.17) is 0 Å². The van der Waals surface area contributed by atoms with Crippen molar-refractivity contribution < 1.29 is 4.79 Å². The molecule has 23 heavy (non-hydrogen) atoms. The molecule has 2 fully saturated rings. The Balaban J connectivity index is 0.00000242. The van der Waals surface area contributed by atoms with Gasteiger partial charge in [-0.1, -0.05) is 13.8 Å². The molecule has 0 radical (unpaired) electrons. The zero-order chi connectivity index (χ0) is 15.1. The lowest BCUT2D eigenvalue weighted by Gasteiger charge is -2.34. The van der Waals surface area contributed by atoms with Crippen LogP contribution in [0.25, 0.3) is 0 Å². The smallest absolute Gasteiger partial charge is 0.220 e. The molecule has 0 bridgehead atoms. The molecule has 4 nitrogen and oxygen atoms in total. The van der Waals surface area contributed by atoms with E-state index in [9.17, 15) is 4.79 Å². The van der Waals surface area contributed by atoms with Crippen molar-refractivity contribution in [1.29, 1.82) is 0 Å². The molecule has 0 aromatic carbocycles. The minimum Gasteiger partial charge on any atom is -0.356 e. The number of piperidine rings is 1. The topological polar surface area (TPSA) is 44.4 Å². The van der Waals surface area contributed by atoms with Crippen molar-refractivity contribution in [3.8, 4) is 0 Å². The van der Waals surface area contributed by atoms with Crippen molar-refractivity contribution in [3.05, 3.63) is 0 Å². The van der Waals surface area contributed by atoms with Crippen LogP contribution in [-0.2, 0) is 4.79 Å². The van der Waals surface area contributed by atoms with E-state index in [1.165, 1.54) is 25.9 Å². The van der Waals surface area contributed by atoms with E-state index in [0.29, 0.717) is 12.3 Å². The second kappa shape index (κ2) is 12.3. The summed E-state index contributed by atoms with van der Waals surface area (Å²) in [7, 11) is 0. The number of hydrogen-bond acceptors (Lipinski definition) is 3. The summed E-state index contributed by atoms with van der Waals surface area (Å²) in [6.07, 6.45) is 5.42. The molecule has 2 saturated heterocycles. The minimum atomic E-state index is 0. The summed E-state index contributed by atoms with van der Waals surface area (Å²) >= 11 is 0. The normalized spacial score (nSPS) is 27.8. The van der Waals surface area contributed by atoms with Gasteiger partial charge in [-0.05, 0) is 63.1 Å². The number of nitrogens with one attached hydrogen (secondary N) is 2. The molecule has 0 spiro atoms. The first-order valence-corrected chi connectivity index (χ1v) is 8.83. The van der Waals surface area contributed by atoms with Crippen molar-refractivity contribution in [2.24, 2.45) is 17.8 Å². The van der Waals surface area contributed by atoms with Crippen LogP contribution in [0.15, 0.2) is 0 Å². The highest BCUT2D eigenvalue weighted by Crippen LogP contribution is 2.20. The summed E-state index contributed by atoms with van der Waals surface area (Å²) in [5.74, 6) is 2.60. The zero-order valence-electron chi connectivity index (χ0n) is 14.7. The van der Waals surface area contributed by atoms with E-state index in [1.54, 1.807) is 0 Å². The quantitative estimate of drug-likeness (QED) is 0.679. The van der Waals surface area contributed by atoms with Gasteiger partial charge in [-0.3, -0.25) is 4.79 Å².